The fourth-order valence-electron chi connectivity index (χ4n) is 6.90. The number of sulfonamides is 1. The minimum Gasteiger partial charge on any atom is -0.384 e. The van der Waals surface area contributed by atoms with E-state index in [4.69, 9.17) is 11.1 Å². The molecule has 5 aromatic carbocycles. The van der Waals surface area contributed by atoms with Crippen LogP contribution in [0, 0.1) is 5.41 Å². The van der Waals surface area contributed by atoms with E-state index in [9.17, 15) is 27.6 Å². The zero-order chi connectivity index (χ0) is 42.6. The minimum atomic E-state index is -4.08. The van der Waals surface area contributed by atoms with Crippen LogP contribution in [0.4, 0.5) is 0 Å². The van der Waals surface area contributed by atoms with Crippen molar-refractivity contribution in [2.24, 2.45) is 5.73 Å². The smallest absolute Gasteiger partial charge is 0.243 e. The number of amides is 4. The van der Waals surface area contributed by atoms with Gasteiger partial charge < -0.3 is 27.0 Å². The Labute approximate surface area is 350 Å². The van der Waals surface area contributed by atoms with E-state index in [1.54, 1.807) is 73.7 Å². The van der Waals surface area contributed by atoms with Gasteiger partial charge in [0.25, 0.3) is 0 Å². The number of amidine groups is 1. The molecule has 310 valence electrons. The predicted molar refractivity (Wildman–Crippen MR) is 230 cm³/mol. The SMILES string of the molecule is CC1c2ccc(cc2)CNC(=O)Cc2cccc(c2)CC(=O)NCc2ccc(cc2)CC(C(=O)NCc2ccc(C(=N)N)cc2)NC(=O)C1NS(=O)(=O)Cc1ccccc1. The van der Waals surface area contributed by atoms with Crippen LogP contribution in [-0.4, -0.2) is 50.0 Å². The van der Waals surface area contributed by atoms with Gasteiger partial charge in [0.1, 0.15) is 17.9 Å². The first kappa shape index (κ1) is 43.0. The number of nitrogens with one attached hydrogen (secondary N) is 6. The number of nitrogens with two attached hydrogens (primary N) is 1. The maximum Gasteiger partial charge on any atom is 0.243 e. The number of hydrogen-bond donors (Lipinski definition) is 7. The minimum absolute atomic E-state index is 0.0715. The lowest BCUT2D eigenvalue weighted by molar-refractivity contribution is -0.130. The van der Waals surface area contributed by atoms with Crippen molar-refractivity contribution in [1.29, 1.82) is 5.41 Å². The molecule has 0 aromatic heterocycles. The van der Waals surface area contributed by atoms with Crippen molar-refractivity contribution in [1.82, 2.24) is 26.0 Å². The Balaban J connectivity index is 1.31. The molecule has 5 aromatic rings. The van der Waals surface area contributed by atoms with Gasteiger partial charge in [-0.1, -0.05) is 134 Å². The molecular formula is C46H49N7O6S. The molecule has 6 bridgehead atoms. The fraction of sp³-hybridized carbons (Fsp3) is 0.239. The van der Waals surface area contributed by atoms with E-state index in [0.29, 0.717) is 22.3 Å². The van der Waals surface area contributed by atoms with Crippen LogP contribution in [-0.2, 0) is 73.9 Å². The average Bonchev–Trinajstić information content (AvgIpc) is 3.23. The lowest BCUT2D eigenvalue weighted by Crippen LogP contribution is -2.55. The highest BCUT2D eigenvalue weighted by atomic mass is 32.2. The van der Waals surface area contributed by atoms with Gasteiger partial charge >= 0.3 is 0 Å². The average molecular weight is 828 g/mol. The first-order chi connectivity index (χ1) is 28.8. The summed E-state index contributed by atoms with van der Waals surface area (Å²) in [5.41, 5.74) is 11.9. The van der Waals surface area contributed by atoms with E-state index < -0.39 is 39.8 Å². The summed E-state index contributed by atoms with van der Waals surface area (Å²) >= 11 is 0. The van der Waals surface area contributed by atoms with Gasteiger partial charge in [0, 0.05) is 37.5 Å². The van der Waals surface area contributed by atoms with Crippen molar-refractivity contribution in [3.8, 4) is 0 Å². The molecule has 0 spiro atoms. The molecule has 0 radical (unpaired) electrons. The van der Waals surface area contributed by atoms with Gasteiger partial charge in [-0.05, 0) is 44.5 Å². The Morgan fingerprint density at radius 2 is 1.28 bits per heavy atom. The summed E-state index contributed by atoms with van der Waals surface area (Å²) in [4.78, 5) is 54.2. The molecule has 13 nitrogen and oxygen atoms in total. The van der Waals surface area contributed by atoms with Gasteiger partial charge in [-0.15, -0.1) is 0 Å². The highest BCUT2D eigenvalue weighted by Gasteiger charge is 2.33. The highest BCUT2D eigenvalue weighted by Crippen LogP contribution is 2.23. The Bertz CT molecular complexity index is 2420. The highest BCUT2D eigenvalue weighted by molar-refractivity contribution is 7.88. The molecule has 14 heteroatoms. The molecule has 4 amide bonds. The van der Waals surface area contributed by atoms with Gasteiger partial charge in [0.15, 0.2) is 0 Å². The Hall–Kier alpha value is -6.64. The van der Waals surface area contributed by atoms with Gasteiger partial charge in [-0.25, -0.2) is 13.1 Å². The van der Waals surface area contributed by atoms with E-state index >= 15 is 0 Å². The summed E-state index contributed by atoms with van der Waals surface area (Å²) in [5.74, 6) is -2.73. The summed E-state index contributed by atoms with van der Waals surface area (Å²) in [7, 11) is -4.08. The van der Waals surface area contributed by atoms with E-state index in [1.807, 2.05) is 60.7 Å². The maximum absolute atomic E-state index is 14.4. The van der Waals surface area contributed by atoms with Crippen LogP contribution in [0.15, 0.2) is 127 Å². The number of rotatable bonds is 8. The summed E-state index contributed by atoms with van der Waals surface area (Å²) in [6.45, 7) is 2.35. The van der Waals surface area contributed by atoms with Crippen molar-refractivity contribution in [3.05, 3.63) is 177 Å². The maximum atomic E-state index is 14.4. The number of fused-ring (bicyclic) bond motifs is 2. The molecule has 3 unspecified atom stereocenters. The molecule has 0 aliphatic carbocycles. The Morgan fingerprint density at radius 3 is 1.87 bits per heavy atom. The number of hydrogen-bond acceptors (Lipinski definition) is 7. The zero-order valence-electron chi connectivity index (χ0n) is 33.2. The number of carbonyl (C=O) groups is 4. The van der Waals surface area contributed by atoms with E-state index in [2.05, 4.69) is 26.0 Å². The van der Waals surface area contributed by atoms with Crippen LogP contribution in [0.1, 0.15) is 62.9 Å². The second kappa shape index (κ2) is 19.9. The van der Waals surface area contributed by atoms with E-state index in [-0.39, 0.29) is 62.3 Å². The standard InChI is InChI=1S/C46H49N7O6S/c1-30-38-18-14-33(15-19-38)27-50-42(55)25-37-9-5-8-36(22-37)24-41(54)49-26-32-12-10-31(11-13-32)23-40(45(56)51-28-34-16-20-39(21-17-34)44(47)48)52-46(57)43(30)53-60(58,59)29-35-6-3-2-4-7-35/h2-22,30,40,43,53H,23-29H2,1H3,(H3,47,48)(H,49,54)(H,50,55)(H,51,56)(H,52,57). The normalized spacial score (nSPS) is 17.9. The molecule has 3 atom stereocenters. The van der Waals surface area contributed by atoms with Crippen LogP contribution >= 0.6 is 0 Å². The number of nitrogen functional groups attached to an aromatic ring is 1. The molecule has 3 aliphatic rings. The third-order valence-electron chi connectivity index (χ3n) is 10.3. The molecule has 0 saturated heterocycles. The molecule has 60 heavy (non-hydrogen) atoms. The van der Waals surface area contributed by atoms with Crippen LogP contribution in [0.5, 0.6) is 0 Å². The lowest BCUT2D eigenvalue weighted by Gasteiger charge is -2.27. The van der Waals surface area contributed by atoms with Crippen molar-refractivity contribution < 1.29 is 27.6 Å². The van der Waals surface area contributed by atoms with Gasteiger partial charge in [-0.2, -0.15) is 0 Å². The summed E-state index contributed by atoms with van der Waals surface area (Å²) < 4.78 is 30.0. The summed E-state index contributed by atoms with van der Waals surface area (Å²) in [5, 5.41) is 19.3. The molecular weight excluding hydrogens is 779 g/mol. The predicted octanol–water partition coefficient (Wildman–Crippen LogP) is 3.64. The molecule has 8 rings (SSSR count). The first-order valence-corrected chi connectivity index (χ1v) is 21.3. The fourth-order valence-corrected chi connectivity index (χ4v) is 8.32. The molecule has 0 fully saturated rings. The number of carbonyl (C=O) groups excluding carboxylic acids is 4. The summed E-state index contributed by atoms with van der Waals surface area (Å²) in [6.07, 6.45) is 0.339. The quantitative estimate of drug-likeness (QED) is 0.0911. The second-order valence-electron chi connectivity index (χ2n) is 15.0. The van der Waals surface area contributed by atoms with Gasteiger partial charge in [0.2, 0.25) is 33.7 Å². The third kappa shape index (κ3) is 12.4. The Kier molecular flexibility index (Phi) is 14.2. The largest absolute Gasteiger partial charge is 0.384 e. The van der Waals surface area contributed by atoms with E-state index in [0.717, 1.165) is 27.8 Å². The van der Waals surface area contributed by atoms with Crippen molar-refractivity contribution in [2.45, 2.75) is 69.6 Å². The van der Waals surface area contributed by atoms with Crippen LogP contribution in [0.2, 0.25) is 0 Å². The zero-order valence-corrected chi connectivity index (χ0v) is 34.1. The van der Waals surface area contributed by atoms with Crippen LogP contribution in [0.3, 0.4) is 0 Å². The van der Waals surface area contributed by atoms with Crippen LogP contribution < -0.4 is 31.7 Å². The van der Waals surface area contributed by atoms with Gasteiger partial charge in [-0.3, -0.25) is 24.6 Å². The summed E-state index contributed by atoms with van der Waals surface area (Å²) in [6, 6.07) is 34.9. The lowest BCUT2D eigenvalue weighted by atomic mass is 9.92. The second-order valence-corrected chi connectivity index (χ2v) is 16.8. The number of benzene rings is 5. The molecule has 8 N–H and O–H groups in total. The monoisotopic (exact) mass is 827 g/mol. The molecule has 3 heterocycles. The molecule has 0 saturated carbocycles. The van der Waals surface area contributed by atoms with Crippen LogP contribution in [0.25, 0.3) is 0 Å². The van der Waals surface area contributed by atoms with Crippen molar-refractivity contribution in [2.75, 3.05) is 0 Å². The van der Waals surface area contributed by atoms with Gasteiger partial charge in [0.05, 0.1) is 18.6 Å². The first-order valence-electron chi connectivity index (χ1n) is 19.6. The topological polar surface area (TPSA) is 212 Å². The van der Waals surface area contributed by atoms with E-state index in [1.165, 1.54) is 0 Å². The third-order valence-corrected chi connectivity index (χ3v) is 11.6. The van der Waals surface area contributed by atoms with Crippen molar-refractivity contribution >= 4 is 39.5 Å². The molecule has 3 aliphatic heterocycles. The van der Waals surface area contributed by atoms with Crippen molar-refractivity contribution in [3.63, 3.8) is 0 Å². The Morgan fingerprint density at radius 1 is 0.717 bits per heavy atom.